The number of benzene rings is 1. The van der Waals surface area contributed by atoms with E-state index in [0.717, 1.165) is 6.26 Å². The summed E-state index contributed by atoms with van der Waals surface area (Å²) in [5.74, 6) is -0.228. The predicted molar refractivity (Wildman–Crippen MR) is 67.5 cm³/mol. The molecule has 0 aliphatic rings. The first kappa shape index (κ1) is 14.4. The molecule has 100 valence electrons. The van der Waals surface area contributed by atoms with Crippen LogP contribution in [-0.4, -0.2) is 32.1 Å². The molecule has 1 N–H and O–H groups in total. The Labute approximate surface area is 105 Å². The highest BCUT2D eigenvalue weighted by molar-refractivity contribution is 7.90. The van der Waals surface area contributed by atoms with Gasteiger partial charge in [0.25, 0.3) is 0 Å². The topological polar surface area (TPSA) is 93.0 Å². The van der Waals surface area contributed by atoms with Gasteiger partial charge in [-0.05, 0) is 24.6 Å². The van der Waals surface area contributed by atoms with E-state index in [4.69, 9.17) is 4.74 Å². The van der Waals surface area contributed by atoms with Crippen molar-refractivity contribution in [3.05, 3.63) is 28.7 Å². The van der Waals surface area contributed by atoms with Gasteiger partial charge in [0.15, 0.2) is 11.5 Å². The van der Waals surface area contributed by atoms with Crippen LogP contribution in [0.4, 0.5) is 0 Å². The zero-order chi connectivity index (χ0) is 13.8. The van der Waals surface area contributed by atoms with Crippen molar-refractivity contribution in [2.75, 3.05) is 18.6 Å². The number of nitrogens with zero attached hydrogens (tertiary/aromatic N) is 1. The van der Waals surface area contributed by atoms with Gasteiger partial charge in [-0.3, -0.25) is 0 Å². The largest absolute Gasteiger partial charge is 0.504 e. The molecule has 0 aliphatic heterocycles. The summed E-state index contributed by atoms with van der Waals surface area (Å²) in [7, 11) is -3.32. The Morgan fingerprint density at radius 3 is 2.61 bits per heavy atom. The third-order valence-electron chi connectivity index (χ3n) is 2.26. The van der Waals surface area contributed by atoms with E-state index >= 15 is 0 Å². The van der Waals surface area contributed by atoms with Crippen LogP contribution in [0.3, 0.4) is 0 Å². The number of hydrogen-bond donors (Lipinski definition) is 1. The highest BCUT2D eigenvalue weighted by atomic mass is 32.2. The molecule has 0 spiro atoms. The van der Waals surface area contributed by atoms with E-state index in [1.807, 2.05) is 0 Å². The summed E-state index contributed by atoms with van der Waals surface area (Å²) < 4.78 is 27.5. The van der Waals surface area contributed by atoms with E-state index < -0.39 is 15.9 Å². The van der Waals surface area contributed by atoms with Crippen molar-refractivity contribution in [2.45, 2.75) is 13.0 Å². The summed E-state index contributed by atoms with van der Waals surface area (Å²) in [6, 6.07) is 3.23. The Bertz CT molecular complexity index is 526. The Morgan fingerprint density at radius 1 is 1.44 bits per heavy atom. The molecule has 0 radical (unpaired) electrons. The van der Waals surface area contributed by atoms with Gasteiger partial charge in [0.1, 0.15) is 15.9 Å². The fraction of sp³-hybridized carbons (Fsp3) is 0.455. The van der Waals surface area contributed by atoms with Crippen LogP contribution in [0.25, 0.3) is 0 Å². The summed E-state index contributed by atoms with van der Waals surface area (Å²) >= 11 is 0. The van der Waals surface area contributed by atoms with E-state index in [0.29, 0.717) is 12.2 Å². The van der Waals surface area contributed by atoms with Crippen molar-refractivity contribution in [2.24, 2.45) is 5.18 Å². The lowest BCUT2D eigenvalue weighted by molar-refractivity contribution is 0.317. The zero-order valence-corrected chi connectivity index (χ0v) is 11.0. The van der Waals surface area contributed by atoms with Crippen LogP contribution in [0.1, 0.15) is 18.5 Å². The van der Waals surface area contributed by atoms with Crippen molar-refractivity contribution in [3.8, 4) is 11.5 Å². The molecule has 0 saturated heterocycles. The number of rotatable bonds is 6. The molecule has 1 rings (SSSR count). The standard InChI is InChI=1S/C11H15NO5S/c1-3-17-11-6-8(4-5-10(11)13)9(12-14)7-18(2,15)16/h4-6,9,13H,3,7H2,1-2H3. The molecule has 1 unspecified atom stereocenters. The van der Waals surface area contributed by atoms with Crippen LogP contribution < -0.4 is 4.74 Å². The third kappa shape index (κ3) is 3.99. The quantitative estimate of drug-likeness (QED) is 0.795. The Hall–Kier alpha value is -1.63. The van der Waals surface area contributed by atoms with Gasteiger partial charge < -0.3 is 9.84 Å². The lowest BCUT2D eigenvalue weighted by Crippen LogP contribution is -2.11. The van der Waals surface area contributed by atoms with Gasteiger partial charge in [0.2, 0.25) is 0 Å². The van der Waals surface area contributed by atoms with Gasteiger partial charge in [0.05, 0.1) is 12.4 Å². The van der Waals surface area contributed by atoms with Crippen LogP contribution >= 0.6 is 0 Å². The summed E-state index contributed by atoms with van der Waals surface area (Å²) in [6.07, 6.45) is 1.04. The molecule has 1 aromatic carbocycles. The maximum Gasteiger partial charge on any atom is 0.161 e. The predicted octanol–water partition coefficient (Wildman–Crippen LogP) is 1.64. The van der Waals surface area contributed by atoms with Gasteiger partial charge in [-0.15, -0.1) is 0 Å². The fourth-order valence-electron chi connectivity index (χ4n) is 1.48. The second kappa shape index (κ2) is 5.81. The van der Waals surface area contributed by atoms with Crippen LogP contribution in [0, 0.1) is 4.91 Å². The van der Waals surface area contributed by atoms with Crippen molar-refractivity contribution < 1.29 is 18.3 Å². The molecule has 1 atom stereocenters. The smallest absolute Gasteiger partial charge is 0.161 e. The van der Waals surface area contributed by atoms with Crippen LogP contribution in [-0.2, 0) is 9.84 Å². The van der Waals surface area contributed by atoms with E-state index in [-0.39, 0.29) is 17.3 Å². The molecule has 0 saturated carbocycles. The number of hydrogen-bond acceptors (Lipinski definition) is 6. The molecule has 1 aromatic rings. The van der Waals surface area contributed by atoms with Gasteiger partial charge in [-0.1, -0.05) is 11.2 Å². The SMILES string of the molecule is CCOc1cc(C(CS(C)(=O)=O)N=O)ccc1O. The zero-order valence-electron chi connectivity index (χ0n) is 10.2. The van der Waals surface area contributed by atoms with E-state index in [2.05, 4.69) is 5.18 Å². The Kier molecular flexibility index (Phi) is 4.66. The summed E-state index contributed by atoms with van der Waals surface area (Å²) in [5.41, 5.74) is 0.400. The number of phenols is 1. The second-order valence-corrected chi connectivity index (χ2v) is 6.06. The normalized spacial score (nSPS) is 13.0. The Balaban J connectivity index is 3.07. The molecule has 0 aromatic heterocycles. The minimum Gasteiger partial charge on any atom is -0.504 e. The number of sulfone groups is 1. The molecular weight excluding hydrogens is 258 g/mol. The lowest BCUT2D eigenvalue weighted by Gasteiger charge is -2.11. The average molecular weight is 273 g/mol. The minimum absolute atomic E-state index is 0.0652. The van der Waals surface area contributed by atoms with Gasteiger partial charge in [-0.25, -0.2) is 8.42 Å². The fourth-order valence-corrected chi connectivity index (χ4v) is 2.31. The number of nitroso groups, excluding NO2 is 1. The molecule has 6 nitrogen and oxygen atoms in total. The van der Waals surface area contributed by atoms with Crippen molar-refractivity contribution in [1.29, 1.82) is 0 Å². The van der Waals surface area contributed by atoms with E-state index in [9.17, 15) is 18.4 Å². The molecule has 0 aliphatic carbocycles. The molecule has 0 heterocycles. The summed E-state index contributed by atoms with van der Waals surface area (Å²) in [5, 5.41) is 12.3. The van der Waals surface area contributed by atoms with Crippen LogP contribution in [0.15, 0.2) is 23.4 Å². The second-order valence-electron chi connectivity index (χ2n) is 3.87. The van der Waals surface area contributed by atoms with E-state index in [1.54, 1.807) is 6.92 Å². The molecule has 0 amide bonds. The van der Waals surface area contributed by atoms with Crippen LogP contribution in [0.2, 0.25) is 0 Å². The first-order chi connectivity index (χ1) is 8.37. The van der Waals surface area contributed by atoms with Crippen molar-refractivity contribution >= 4 is 9.84 Å². The van der Waals surface area contributed by atoms with Gasteiger partial charge >= 0.3 is 0 Å². The highest BCUT2D eigenvalue weighted by Gasteiger charge is 2.19. The maximum atomic E-state index is 11.2. The summed E-state index contributed by atoms with van der Waals surface area (Å²) in [4.78, 5) is 10.7. The molecule has 0 fully saturated rings. The van der Waals surface area contributed by atoms with E-state index in [1.165, 1.54) is 18.2 Å². The first-order valence-corrected chi connectivity index (χ1v) is 7.39. The van der Waals surface area contributed by atoms with Crippen LogP contribution in [0.5, 0.6) is 11.5 Å². The minimum atomic E-state index is -3.32. The van der Waals surface area contributed by atoms with Gasteiger partial charge in [-0.2, -0.15) is 4.91 Å². The molecular formula is C11H15NO5S. The average Bonchev–Trinajstić information content (AvgIpc) is 2.28. The third-order valence-corrected chi connectivity index (χ3v) is 3.18. The number of ether oxygens (including phenoxy) is 1. The van der Waals surface area contributed by atoms with Crippen molar-refractivity contribution in [3.63, 3.8) is 0 Å². The summed E-state index contributed by atoms with van der Waals surface area (Å²) in [6.45, 7) is 2.10. The number of aromatic hydroxyl groups is 1. The van der Waals surface area contributed by atoms with Crippen molar-refractivity contribution in [1.82, 2.24) is 0 Å². The lowest BCUT2D eigenvalue weighted by atomic mass is 10.1. The molecule has 7 heteroatoms. The molecule has 0 bridgehead atoms. The molecule has 18 heavy (non-hydrogen) atoms. The highest BCUT2D eigenvalue weighted by Crippen LogP contribution is 2.30. The maximum absolute atomic E-state index is 11.2. The van der Waals surface area contributed by atoms with Gasteiger partial charge in [0, 0.05) is 6.26 Å². The first-order valence-electron chi connectivity index (χ1n) is 5.33. The Morgan fingerprint density at radius 2 is 2.11 bits per heavy atom. The number of phenolic OH excluding ortho intramolecular Hbond substituents is 1. The monoisotopic (exact) mass is 273 g/mol.